The number of amides is 2. The zero-order valence-corrected chi connectivity index (χ0v) is 25.1. The molecule has 0 aliphatic heterocycles. The number of carbonyl (C=O) groups is 2. The van der Waals surface area contributed by atoms with E-state index in [-0.39, 0.29) is 34.1 Å². The number of hydrogen-bond donors (Lipinski definition) is 1. The molecule has 0 fully saturated rings. The molecule has 3 rings (SSSR count). The highest BCUT2D eigenvalue weighted by Crippen LogP contribution is 2.33. The molecule has 0 radical (unpaired) electrons. The van der Waals surface area contributed by atoms with Gasteiger partial charge in [-0.25, -0.2) is 8.42 Å². The number of sulfonamides is 1. The Morgan fingerprint density at radius 2 is 1.68 bits per heavy atom. The van der Waals surface area contributed by atoms with Crippen LogP contribution in [0.5, 0.6) is 5.75 Å². The van der Waals surface area contributed by atoms with Gasteiger partial charge in [0.05, 0.1) is 22.7 Å². The fourth-order valence-electron chi connectivity index (χ4n) is 3.93. The molecule has 1 N–H and O–H groups in total. The van der Waals surface area contributed by atoms with Gasteiger partial charge in [0, 0.05) is 17.6 Å². The van der Waals surface area contributed by atoms with Gasteiger partial charge in [-0.3, -0.25) is 13.9 Å². The lowest BCUT2D eigenvalue weighted by Crippen LogP contribution is -2.52. The zero-order chi connectivity index (χ0) is 29.4. The summed E-state index contributed by atoms with van der Waals surface area (Å²) >= 11 is 12.5. The van der Waals surface area contributed by atoms with E-state index in [0.29, 0.717) is 22.8 Å². The third-order valence-corrected chi connectivity index (χ3v) is 8.76. The molecule has 40 heavy (non-hydrogen) atoms. The first-order chi connectivity index (χ1) is 19.0. The summed E-state index contributed by atoms with van der Waals surface area (Å²) in [5, 5.41) is 3.27. The normalized spacial score (nSPS) is 12.8. The van der Waals surface area contributed by atoms with Crippen molar-refractivity contribution in [2.45, 2.75) is 50.7 Å². The van der Waals surface area contributed by atoms with Crippen LogP contribution in [-0.4, -0.2) is 50.9 Å². The molecule has 0 bridgehead atoms. The SMILES string of the molecule is CCC(C)NC(=O)C(C)N(Cc1cccc(OC)c1)C(=O)CN(c1ccc(Cl)cc1Cl)S(=O)(=O)c1ccccc1. The molecule has 0 aromatic heterocycles. The second-order valence-corrected chi connectivity index (χ2v) is 12.0. The molecular weight excluding hydrogens is 573 g/mol. The number of hydrogen-bond acceptors (Lipinski definition) is 5. The van der Waals surface area contributed by atoms with E-state index in [9.17, 15) is 18.0 Å². The van der Waals surface area contributed by atoms with Gasteiger partial charge in [0.25, 0.3) is 10.0 Å². The predicted molar refractivity (Wildman–Crippen MR) is 158 cm³/mol. The average molecular weight is 607 g/mol. The van der Waals surface area contributed by atoms with Crippen molar-refractivity contribution >= 4 is 50.7 Å². The second kappa shape index (κ2) is 13.9. The molecule has 214 valence electrons. The van der Waals surface area contributed by atoms with Crippen LogP contribution in [0.25, 0.3) is 0 Å². The topological polar surface area (TPSA) is 96.0 Å². The van der Waals surface area contributed by atoms with Crippen LogP contribution in [-0.2, 0) is 26.2 Å². The number of halogens is 2. The van der Waals surface area contributed by atoms with Crippen LogP contribution in [0.3, 0.4) is 0 Å². The summed E-state index contributed by atoms with van der Waals surface area (Å²) in [6.45, 7) is 4.86. The molecule has 8 nitrogen and oxygen atoms in total. The number of methoxy groups -OCH3 is 1. The monoisotopic (exact) mass is 605 g/mol. The Kier molecular flexibility index (Phi) is 10.8. The van der Waals surface area contributed by atoms with Crippen LogP contribution in [0.4, 0.5) is 5.69 Å². The van der Waals surface area contributed by atoms with E-state index in [1.54, 1.807) is 49.4 Å². The Morgan fingerprint density at radius 3 is 2.30 bits per heavy atom. The Hall–Kier alpha value is -3.27. The lowest BCUT2D eigenvalue weighted by atomic mass is 10.1. The van der Waals surface area contributed by atoms with Crippen LogP contribution in [0, 0.1) is 0 Å². The van der Waals surface area contributed by atoms with E-state index in [0.717, 1.165) is 4.31 Å². The predicted octanol–water partition coefficient (Wildman–Crippen LogP) is 5.53. The zero-order valence-electron chi connectivity index (χ0n) is 22.8. The van der Waals surface area contributed by atoms with E-state index in [1.807, 2.05) is 13.8 Å². The molecule has 3 aromatic carbocycles. The molecule has 0 saturated carbocycles. The maximum Gasteiger partial charge on any atom is 0.264 e. The lowest BCUT2D eigenvalue weighted by Gasteiger charge is -2.32. The number of nitrogens with zero attached hydrogens (tertiary/aromatic N) is 2. The summed E-state index contributed by atoms with van der Waals surface area (Å²) < 4.78 is 33.9. The molecule has 11 heteroatoms. The van der Waals surface area contributed by atoms with Crippen LogP contribution in [0.1, 0.15) is 32.8 Å². The standard InChI is InChI=1S/C29H33Cl2N3O5S/c1-5-20(2)32-29(36)21(3)33(18-22-10-9-11-24(16-22)39-4)28(35)19-34(27-15-14-23(30)17-26(27)31)40(37,38)25-12-7-6-8-13-25/h6-17,20-21H,5,18-19H2,1-4H3,(H,32,36). The van der Waals surface area contributed by atoms with Gasteiger partial charge in [-0.05, 0) is 68.3 Å². The quantitative estimate of drug-likeness (QED) is 0.293. The van der Waals surface area contributed by atoms with Gasteiger partial charge < -0.3 is 15.0 Å². The molecule has 0 aliphatic carbocycles. The van der Waals surface area contributed by atoms with Crippen molar-refractivity contribution in [1.29, 1.82) is 0 Å². The molecule has 2 amide bonds. The maximum atomic E-state index is 14.0. The summed E-state index contributed by atoms with van der Waals surface area (Å²) in [5.74, 6) is -0.365. The minimum absolute atomic E-state index is 0.0178. The fourth-order valence-corrected chi connectivity index (χ4v) is 5.95. The smallest absolute Gasteiger partial charge is 0.264 e. The number of anilines is 1. The number of ether oxygens (including phenoxy) is 1. The highest BCUT2D eigenvalue weighted by atomic mass is 35.5. The average Bonchev–Trinajstić information content (AvgIpc) is 2.94. The Labute approximate surface area is 245 Å². The number of rotatable bonds is 12. The Balaban J connectivity index is 2.05. The minimum Gasteiger partial charge on any atom is -0.497 e. The number of nitrogens with one attached hydrogen (secondary N) is 1. The molecule has 0 saturated heterocycles. The van der Waals surface area contributed by atoms with Crippen molar-refractivity contribution in [3.8, 4) is 5.75 Å². The van der Waals surface area contributed by atoms with E-state index in [1.165, 1.54) is 42.3 Å². The Bertz CT molecular complexity index is 1440. The van der Waals surface area contributed by atoms with E-state index in [4.69, 9.17) is 27.9 Å². The minimum atomic E-state index is -4.23. The third-order valence-electron chi connectivity index (χ3n) is 6.44. The summed E-state index contributed by atoms with van der Waals surface area (Å²) in [6, 6.07) is 18.2. The highest BCUT2D eigenvalue weighted by molar-refractivity contribution is 7.92. The van der Waals surface area contributed by atoms with E-state index < -0.39 is 28.5 Å². The van der Waals surface area contributed by atoms with Crippen LogP contribution >= 0.6 is 23.2 Å². The number of carbonyl (C=O) groups excluding carboxylic acids is 2. The molecule has 0 aliphatic rings. The molecule has 2 atom stereocenters. The lowest BCUT2D eigenvalue weighted by molar-refractivity contribution is -0.139. The van der Waals surface area contributed by atoms with Gasteiger partial charge in [0.1, 0.15) is 18.3 Å². The first-order valence-corrected chi connectivity index (χ1v) is 14.9. The van der Waals surface area contributed by atoms with Gasteiger partial charge in [0.15, 0.2) is 0 Å². The largest absolute Gasteiger partial charge is 0.497 e. The van der Waals surface area contributed by atoms with E-state index in [2.05, 4.69) is 5.32 Å². The van der Waals surface area contributed by atoms with Gasteiger partial charge in [-0.2, -0.15) is 0 Å². The van der Waals surface area contributed by atoms with Crippen LogP contribution in [0.15, 0.2) is 77.7 Å². The first kappa shape index (κ1) is 31.3. The summed E-state index contributed by atoms with van der Waals surface area (Å²) in [5.41, 5.74) is 0.791. The van der Waals surface area contributed by atoms with Gasteiger partial charge in [-0.15, -0.1) is 0 Å². The maximum absolute atomic E-state index is 14.0. The van der Waals surface area contributed by atoms with Crippen molar-refractivity contribution in [3.05, 3.63) is 88.4 Å². The molecule has 0 heterocycles. The summed E-state index contributed by atoms with van der Waals surface area (Å²) in [7, 11) is -2.70. The van der Waals surface area contributed by atoms with E-state index >= 15 is 0 Å². The molecule has 0 spiro atoms. The summed E-state index contributed by atoms with van der Waals surface area (Å²) in [6.07, 6.45) is 0.709. The Morgan fingerprint density at radius 1 is 0.975 bits per heavy atom. The van der Waals surface area contributed by atoms with Crippen molar-refractivity contribution in [2.75, 3.05) is 18.0 Å². The summed E-state index contributed by atoms with van der Waals surface area (Å²) in [4.78, 5) is 28.5. The molecular formula is C29H33Cl2N3O5S. The van der Waals surface area contributed by atoms with Crippen molar-refractivity contribution in [3.63, 3.8) is 0 Å². The first-order valence-electron chi connectivity index (χ1n) is 12.7. The van der Waals surface area contributed by atoms with Crippen molar-refractivity contribution < 1.29 is 22.7 Å². The highest BCUT2D eigenvalue weighted by Gasteiger charge is 2.33. The van der Waals surface area contributed by atoms with Crippen molar-refractivity contribution in [1.82, 2.24) is 10.2 Å². The van der Waals surface area contributed by atoms with Crippen LogP contribution in [0.2, 0.25) is 10.0 Å². The van der Waals surface area contributed by atoms with Gasteiger partial charge in [0.2, 0.25) is 11.8 Å². The van der Waals surface area contributed by atoms with Gasteiger partial charge >= 0.3 is 0 Å². The van der Waals surface area contributed by atoms with Crippen LogP contribution < -0.4 is 14.4 Å². The second-order valence-electron chi connectivity index (χ2n) is 9.29. The fraction of sp³-hybridized carbons (Fsp3) is 0.310. The number of benzene rings is 3. The third kappa shape index (κ3) is 7.68. The van der Waals surface area contributed by atoms with Gasteiger partial charge in [-0.1, -0.05) is 60.5 Å². The molecule has 3 aromatic rings. The molecule has 2 unspecified atom stereocenters. The van der Waals surface area contributed by atoms with Crippen molar-refractivity contribution in [2.24, 2.45) is 0 Å².